The average Bonchev–Trinajstić information content (AvgIpc) is 2.73. The number of nitrogens with one attached hydrogen (secondary N) is 1. The molecule has 0 aromatic heterocycles. The topological polar surface area (TPSA) is 84.9 Å². The van der Waals surface area contributed by atoms with E-state index in [1.807, 2.05) is 18.2 Å². The van der Waals surface area contributed by atoms with Gasteiger partial charge in [0.25, 0.3) is 0 Å². The Hall–Kier alpha value is -3.02. The van der Waals surface area contributed by atoms with E-state index in [4.69, 9.17) is 9.47 Å². The third-order valence-corrected chi connectivity index (χ3v) is 5.35. The van der Waals surface area contributed by atoms with Gasteiger partial charge in [-0.15, -0.1) is 0 Å². The highest BCUT2D eigenvalue weighted by molar-refractivity contribution is 5.97. The number of carboxylic acid groups (broad SMARTS) is 1. The van der Waals surface area contributed by atoms with Crippen molar-refractivity contribution in [2.45, 2.75) is 31.6 Å². The van der Waals surface area contributed by atoms with Crippen LogP contribution < -0.4 is 14.8 Å². The lowest BCUT2D eigenvalue weighted by Crippen LogP contribution is -2.27. The normalized spacial score (nSPS) is 18.9. The highest BCUT2D eigenvalue weighted by Gasteiger charge is 2.28. The number of carbonyl (C=O) groups is 2. The Balaban J connectivity index is 1.71. The average molecular weight is 383 g/mol. The molecule has 3 rings (SSSR count). The Morgan fingerprint density at radius 3 is 2.25 bits per heavy atom. The lowest BCUT2D eigenvalue weighted by atomic mass is 9.78. The summed E-state index contributed by atoms with van der Waals surface area (Å²) in [7, 11) is 2.89. The van der Waals surface area contributed by atoms with Gasteiger partial charge in [0.05, 0.1) is 25.5 Å². The molecule has 2 aromatic rings. The van der Waals surface area contributed by atoms with Gasteiger partial charge in [0.15, 0.2) is 11.5 Å². The zero-order valence-corrected chi connectivity index (χ0v) is 16.1. The van der Waals surface area contributed by atoms with Crippen molar-refractivity contribution in [2.75, 3.05) is 19.5 Å². The molecule has 0 radical (unpaired) electrons. The second-order valence-corrected chi connectivity index (χ2v) is 7.01. The summed E-state index contributed by atoms with van der Waals surface area (Å²) in [6.07, 6.45) is 3.50. The number of methoxy groups -OCH3 is 2. The predicted octanol–water partition coefficient (Wildman–Crippen LogP) is 4.31. The van der Waals surface area contributed by atoms with Crippen LogP contribution in [0.2, 0.25) is 0 Å². The first kappa shape index (κ1) is 19.7. The van der Waals surface area contributed by atoms with Crippen molar-refractivity contribution < 1.29 is 24.2 Å². The molecule has 0 atom stereocenters. The summed E-state index contributed by atoms with van der Waals surface area (Å²) in [5.41, 5.74) is 1.66. The molecule has 148 valence electrons. The third-order valence-electron chi connectivity index (χ3n) is 5.35. The van der Waals surface area contributed by atoms with E-state index in [1.54, 1.807) is 0 Å². The molecule has 1 aliphatic rings. The fourth-order valence-electron chi connectivity index (χ4n) is 3.83. The van der Waals surface area contributed by atoms with Crippen LogP contribution >= 0.6 is 0 Å². The molecular formula is C22H25NO5. The molecule has 0 unspecified atom stereocenters. The van der Waals surface area contributed by atoms with E-state index in [0.717, 1.165) is 25.7 Å². The van der Waals surface area contributed by atoms with Gasteiger partial charge in [0.2, 0.25) is 5.91 Å². The number of hydrogen-bond donors (Lipinski definition) is 2. The second kappa shape index (κ2) is 8.78. The minimum Gasteiger partial charge on any atom is -0.493 e. The van der Waals surface area contributed by atoms with E-state index in [1.165, 1.54) is 31.9 Å². The molecule has 1 amide bonds. The van der Waals surface area contributed by atoms with Crippen LogP contribution in [0, 0.1) is 5.92 Å². The quantitative estimate of drug-likeness (QED) is 0.776. The van der Waals surface area contributed by atoms with Crippen molar-refractivity contribution in [3.05, 3.63) is 53.6 Å². The zero-order chi connectivity index (χ0) is 20.1. The number of aromatic carboxylic acids is 1. The SMILES string of the molecule is COc1cc(C(=O)O)cc(NC(=O)C2CCC(c3ccccc3)CC2)c1OC. The van der Waals surface area contributed by atoms with Gasteiger partial charge in [0.1, 0.15) is 0 Å². The number of anilines is 1. The predicted molar refractivity (Wildman–Crippen MR) is 106 cm³/mol. The number of rotatable bonds is 6. The van der Waals surface area contributed by atoms with Crippen molar-refractivity contribution in [1.82, 2.24) is 0 Å². The number of amides is 1. The molecule has 1 aliphatic carbocycles. The molecule has 0 heterocycles. The molecule has 6 nitrogen and oxygen atoms in total. The Morgan fingerprint density at radius 2 is 1.68 bits per heavy atom. The molecular weight excluding hydrogens is 358 g/mol. The van der Waals surface area contributed by atoms with Gasteiger partial charge < -0.3 is 19.9 Å². The van der Waals surface area contributed by atoms with Crippen LogP contribution in [0.4, 0.5) is 5.69 Å². The van der Waals surface area contributed by atoms with Gasteiger partial charge in [-0.25, -0.2) is 4.79 Å². The van der Waals surface area contributed by atoms with Crippen molar-refractivity contribution in [3.63, 3.8) is 0 Å². The summed E-state index contributed by atoms with van der Waals surface area (Å²) >= 11 is 0. The number of carbonyl (C=O) groups excluding carboxylic acids is 1. The maximum atomic E-state index is 12.8. The van der Waals surface area contributed by atoms with Gasteiger partial charge in [-0.2, -0.15) is 0 Å². The molecule has 1 saturated carbocycles. The third kappa shape index (κ3) is 4.27. The number of ether oxygens (including phenoxy) is 2. The summed E-state index contributed by atoms with van der Waals surface area (Å²) in [5.74, 6) is -0.252. The van der Waals surface area contributed by atoms with Gasteiger partial charge in [-0.1, -0.05) is 30.3 Å². The van der Waals surface area contributed by atoms with Crippen LogP contribution in [0.15, 0.2) is 42.5 Å². The van der Waals surface area contributed by atoms with Gasteiger partial charge in [-0.3, -0.25) is 4.79 Å². The Morgan fingerprint density at radius 1 is 1.00 bits per heavy atom. The van der Waals surface area contributed by atoms with Crippen molar-refractivity contribution in [2.24, 2.45) is 5.92 Å². The van der Waals surface area contributed by atoms with E-state index in [-0.39, 0.29) is 23.1 Å². The molecule has 6 heteroatoms. The van der Waals surface area contributed by atoms with E-state index in [9.17, 15) is 14.7 Å². The van der Waals surface area contributed by atoms with Crippen LogP contribution in [0.3, 0.4) is 0 Å². The maximum absolute atomic E-state index is 12.8. The molecule has 1 fully saturated rings. The highest BCUT2D eigenvalue weighted by Crippen LogP contribution is 2.39. The first-order valence-electron chi connectivity index (χ1n) is 9.38. The summed E-state index contributed by atoms with van der Waals surface area (Å²) in [6.45, 7) is 0. The largest absolute Gasteiger partial charge is 0.493 e. The van der Waals surface area contributed by atoms with E-state index in [0.29, 0.717) is 17.4 Å². The van der Waals surface area contributed by atoms with Crippen molar-refractivity contribution in [1.29, 1.82) is 0 Å². The lowest BCUT2D eigenvalue weighted by Gasteiger charge is -2.28. The second-order valence-electron chi connectivity index (χ2n) is 7.01. The summed E-state index contributed by atoms with van der Waals surface area (Å²) in [6, 6.07) is 13.2. The van der Waals surface area contributed by atoms with Gasteiger partial charge in [-0.05, 0) is 49.3 Å². The summed E-state index contributed by atoms with van der Waals surface area (Å²) in [5, 5.41) is 12.2. The van der Waals surface area contributed by atoms with Crippen LogP contribution in [-0.4, -0.2) is 31.2 Å². The van der Waals surface area contributed by atoms with Crippen molar-refractivity contribution in [3.8, 4) is 11.5 Å². The Kier molecular flexibility index (Phi) is 6.19. The molecule has 2 aromatic carbocycles. The van der Waals surface area contributed by atoms with Crippen molar-refractivity contribution >= 4 is 17.6 Å². The first-order chi connectivity index (χ1) is 13.5. The Bertz CT molecular complexity index is 842. The standard InChI is InChI=1S/C22H25NO5/c1-27-19-13-17(22(25)26)12-18(20(19)28-2)23-21(24)16-10-8-15(9-11-16)14-6-4-3-5-7-14/h3-7,12-13,15-16H,8-11H2,1-2H3,(H,23,24)(H,25,26). The number of carboxylic acids is 1. The summed E-state index contributed by atoms with van der Waals surface area (Å²) in [4.78, 5) is 24.2. The van der Waals surface area contributed by atoms with Crippen LogP contribution in [0.1, 0.15) is 47.5 Å². The fourth-order valence-corrected chi connectivity index (χ4v) is 3.83. The minimum absolute atomic E-state index is 0.0285. The minimum atomic E-state index is -1.10. The monoisotopic (exact) mass is 383 g/mol. The molecule has 0 aliphatic heterocycles. The summed E-state index contributed by atoms with van der Waals surface area (Å²) < 4.78 is 10.6. The maximum Gasteiger partial charge on any atom is 0.335 e. The highest BCUT2D eigenvalue weighted by atomic mass is 16.5. The first-order valence-corrected chi connectivity index (χ1v) is 9.38. The van der Waals surface area contributed by atoms with Gasteiger partial charge >= 0.3 is 5.97 Å². The van der Waals surface area contributed by atoms with E-state index in [2.05, 4.69) is 17.4 Å². The molecule has 0 spiro atoms. The van der Waals surface area contributed by atoms with E-state index < -0.39 is 5.97 Å². The molecule has 0 saturated heterocycles. The number of hydrogen-bond acceptors (Lipinski definition) is 4. The molecule has 28 heavy (non-hydrogen) atoms. The van der Waals surface area contributed by atoms with Crippen LogP contribution in [-0.2, 0) is 4.79 Å². The van der Waals surface area contributed by atoms with Crippen LogP contribution in [0.25, 0.3) is 0 Å². The smallest absolute Gasteiger partial charge is 0.335 e. The number of benzene rings is 2. The van der Waals surface area contributed by atoms with E-state index >= 15 is 0 Å². The molecule has 0 bridgehead atoms. The van der Waals surface area contributed by atoms with Gasteiger partial charge in [0, 0.05) is 5.92 Å². The lowest BCUT2D eigenvalue weighted by molar-refractivity contribution is -0.120. The fraction of sp³-hybridized carbons (Fsp3) is 0.364. The van der Waals surface area contributed by atoms with Crippen LogP contribution in [0.5, 0.6) is 11.5 Å². The zero-order valence-electron chi connectivity index (χ0n) is 16.1. The molecule has 2 N–H and O–H groups in total. The Labute approximate surface area is 164 Å².